The first-order valence-corrected chi connectivity index (χ1v) is 11.3. The highest BCUT2D eigenvalue weighted by Crippen LogP contribution is 2.30. The van der Waals surface area contributed by atoms with Crippen LogP contribution in [0.2, 0.25) is 5.02 Å². The summed E-state index contributed by atoms with van der Waals surface area (Å²) in [5, 5.41) is 20.5. The predicted molar refractivity (Wildman–Crippen MR) is 126 cm³/mol. The fourth-order valence-corrected chi connectivity index (χ4v) is 4.43. The van der Waals surface area contributed by atoms with Crippen LogP contribution < -0.4 is 5.43 Å². The number of carbonyl (C=O) groups excluding carboxylic acids is 1. The van der Waals surface area contributed by atoms with E-state index < -0.39 is 34.5 Å². The molecule has 2 aromatic rings. The third-order valence-electron chi connectivity index (χ3n) is 5.96. The van der Waals surface area contributed by atoms with E-state index in [1.165, 1.54) is 28.0 Å². The second-order valence-electron chi connectivity index (χ2n) is 9.71. The Labute approximate surface area is 202 Å². The maximum absolute atomic E-state index is 13.5. The maximum Gasteiger partial charge on any atom is 0.408 e. The molecule has 0 saturated heterocycles. The summed E-state index contributed by atoms with van der Waals surface area (Å²) in [6.07, 6.45) is -1.16. The summed E-state index contributed by atoms with van der Waals surface area (Å²) in [7, 11) is 0. The maximum atomic E-state index is 13.5. The Kier molecular flexibility index (Phi) is 6.98. The molecule has 1 aromatic carbocycles. The molecule has 2 heterocycles. The van der Waals surface area contributed by atoms with Gasteiger partial charge in [-0.2, -0.15) is 0 Å². The topological polar surface area (TPSA) is 103 Å². The Morgan fingerprint density at radius 2 is 1.88 bits per heavy atom. The summed E-state index contributed by atoms with van der Waals surface area (Å²) in [5.74, 6) is -2.11. The lowest BCUT2D eigenvalue weighted by atomic mass is 9.96. The van der Waals surface area contributed by atoms with E-state index in [1.54, 1.807) is 39.2 Å². The minimum atomic E-state index is -1.16. The molecule has 2 amide bonds. The van der Waals surface area contributed by atoms with E-state index in [9.17, 15) is 29.0 Å². The second-order valence-corrected chi connectivity index (χ2v) is 10.1. The molecule has 0 spiro atoms. The number of amides is 2. The zero-order chi connectivity index (χ0) is 25.5. The van der Waals surface area contributed by atoms with E-state index in [4.69, 9.17) is 11.6 Å². The van der Waals surface area contributed by atoms with E-state index in [0.717, 1.165) is 0 Å². The van der Waals surface area contributed by atoms with Crippen molar-refractivity contribution in [3.05, 3.63) is 61.8 Å². The molecule has 0 unspecified atom stereocenters. The SMILES string of the molecule is CC(C)c1c(CN(C(=O)O)C(C)(C)C)n2c(c(O)c1=O)C(=O)N(Cc1ccc(F)c(Cl)c1)CC2. The van der Waals surface area contributed by atoms with Crippen LogP contribution in [0.15, 0.2) is 23.0 Å². The Balaban J connectivity index is 2.11. The van der Waals surface area contributed by atoms with Crippen LogP contribution in [0, 0.1) is 5.82 Å². The molecule has 0 saturated carbocycles. The number of fused-ring (bicyclic) bond motifs is 1. The summed E-state index contributed by atoms with van der Waals surface area (Å²) in [5.41, 5.74) is -0.357. The average Bonchev–Trinajstić information content (AvgIpc) is 2.72. The zero-order valence-electron chi connectivity index (χ0n) is 19.9. The van der Waals surface area contributed by atoms with Crippen molar-refractivity contribution in [2.24, 2.45) is 0 Å². The van der Waals surface area contributed by atoms with Crippen LogP contribution in [-0.4, -0.2) is 48.7 Å². The van der Waals surface area contributed by atoms with Gasteiger partial charge in [-0.05, 0) is 44.4 Å². The van der Waals surface area contributed by atoms with Crippen LogP contribution in [0.25, 0.3) is 0 Å². The van der Waals surface area contributed by atoms with Gasteiger partial charge in [0.15, 0.2) is 11.4 Å². The number of hydrogen-bond donors (Lipinski definition) is 2. The summed E-state index contributed by atoms with van der Waals surface area (Å²) in [6.45, 7) is 9.28. The molecule has 0 atom stereocenters. The van der Waals surface area contributed by atoms with Crippen LogP contribution in [0.4, 0.5) is 9.18 Å². The number of pyridine rings is 1. The number of carboxylic acid groups (broad SMARTS) is 1. The third kappa shape index (κ3) is 4.75. The number of rotatable bonds is 5. The lowest BCUT2D eigenvalue weighted by Gasteiger charge is -2.37. The highest BCUT2D eigenvalue weighted by Gasteiger charge is 2.35. The number of halogens is 2. The molecule has 0 radical (unpaired) electrons. The van der Waals surface area contributed by atoms with Crippen molar-refractivity contribution < 1.29 is 24.2 Å². The van der Waals surface area contributed by atoms with Gasteiger partial charge < -0.3 is 19.7 Å². The number of benzene rings is 1. The predicted octanol–water partition coefficient (Wildman–Crippen LogP) is 4.40. The Hall–Kier alpha value is -3.07. The Bertz CT molecular complexity index is 1200. The van der Waals surface area contributed by atoms with Gasteiger partial charge in [-0.25, -0.2) is 9.18 Å². The van der Waals surface area contributed by atoms with Gasteiger partial charge in [0, 0.05) is 36.4 Å². The van der Waals surface area contributed by atoms with Crippen molar-refractivity contribution in [1.82, 2.24) is 14.4 Å². The molecule has 0 bridgehead atoms. The van der Waals surface area contributed by atoms with Crippen LogP contribution in [-0.2, 0) is 19.6 Å². The molecular formula is C24H29ClFN3O5. The normalized spacial score (nSPS) is 13.9. The van der Waals surface area contributed by atoms with Gasteiger partial charge in [-0.1, -0.05) is 31.5 Å². The number of aromatic nitrogens is 1. The van der Waals surface area contributed by atoms with Crippen molar-refractivity contribution >= 4 is 23.6 Å². The standard InChI is InChI=1S/C24H29ClFN3O5/c1-13(2)18-17(12-29(23(33)34)24(3,4)5)28-9-8-27(22(32)19(28)21(31)20(18)30)11-14-6-7-16(26)15(25)10-14/h6-7,10,13,31H,8-9,11-12H2,1-5H3,(H,33,34). The number of hydrogen-bond acceptors (Lipinski definition) is 4. The molecule has 8 nitrogen and oxygen atoms in total. The smallest absolute Gasteiger partial charge is 0.408 e. The molecule has 3 rings (SSSR count). The average molecular weight is 494 g/mol. The van der Waals surface area contributed by atoms with Crippen LogP contribution in [0.3, 0.4) is 0 Å². The first kappa shape index (κ1) is 25.6. The monoisotopic (exact) mass is 493 g/mol. The van der Waals surface area contributed by atoms with Crippen molar-refractivity contribution in [2.75, 3.05) is 6.54 Å². The molecule has 1 aromatic heterocycles. The Morgan fingerprint density at radius 1 is 1.24 bits per heavy atom. The highest BCUT2D eigenvalue weighted by atomic mass is 35.5. The molecule has 0 aliphatic carbocycles. The van der Waals surface area contributed by atoms with Gasteiger partial charge >= 0.3 is 6.09 Å². The molecule has 2 N–H and O–H groups in total. The van der Waals surface area contributed by atoms with E-state index in [1.807, 2.05) is 0 Å². The van der Waals surface area contributed by atoms with Gasteiger partial charge in [0.1, 0.15) is 5.82 Å². The van der Waals surface area contributed by atoms with Crippen molar-refractivity contribution in [1.29, 1.82) is 0 Å². The largest absolute Gasteiger partial charge is 0.503 e. The number of aromatic hydroxyl groups is 1. The van der Waals surface area contributed by atoms with E-state index >= 15 is 0 Å². The fraction of sp³-hybridized carbons (Fsp3) is 0.458. The molecular weight excluding hydrogens is 465 g/mol. The second kappa shape index (κ2) is 9.29. The fourth-order valence-electron chi connectivity index (χ4n) is 4.23. The molecule has 184 valence electrons. The molecule has 0 fully saturated rings. The summed E-state index contributed by atoms with van der Waals surface area (Å²) in [4.78, 5) is 41.1. The molecule has 1 aliphatic rings. The summed E-state index contributed by atoms with van der Waals surface area (Å²) >= 11 is 5.86. The zero-order valence-corrected chi connectivity index (χ0v) is 20.6. The van der Waals surface area contributed by atoms with Gasteiger partial charge in [0.05, 0.1) is 11.6 Å². The van der Waals surface area contributed by atoms with Gasteiger partial charge in [0.2, 0.25) is 5.43 Å². The minimum Gasteiger partial charge on any atom is -0.503 e. The van der Waals surface area contributed by atoms with E-state index in [2.05, 4.69) is 0 Å². The lowest BCUT2D eigenvalue weighted by Crippen LogP contribution is -2.47. The van der Waals surface area contributed by atoms with E-state index in [0.29, 0.717) is 11.3 Å². The van der Waals surface area contributed by atoms with Gasteiger partial charge in [-0.15, -0.1) is 0 Å². The molecule has 10 heteroatoms. The van der Waals surface area contributed by atoms with Gasteiger partial charge in [-0.3, -0.25) is 14.5 Å². The number of carbonyl (C=O) groups is 2. The van der Waals surface area contributed by atoms with Gasteiger partial charge in [0.25, 0.3) is 5.91 Å². The van der Waals surface area contributed by atoms with Crippen molar-refractivity contribution in [3.63, 3.8) is 0 Å². The van der Waals surface area contributed by atoms with Crippen molar-refractivity contribution in [3.8, 4) is 5.75 Å². The van der Waals surface area contributed by atoms with Crippen LogP contribution in [0.1, 0.15) is 67.8 Å². The first-order chi connectivity index (χ1) is 15.7. The summed E-state index contributed by atoms with van der Waals surface area (Å²) < 4.78 is 15.1. The number of nitrogens with zero attached hydrogens (tertiary/aromatic N) is 3. The Morgan fingerprint density at radius 3 is 2.41 bits per heavy atom. The third-order valence-corrected chi connectivity index (χ3v) is 6.25. The van der Waals surface area contributed by atoms with E-state index in [-0.39, 0.29) is 48.4 Å². The van der Waals surface area contributed by atoms with Crippen LogP contribution >= 0.6 is 11.6 Å². The molecule has 1 aliphatic heterocycles. The molecule has 34 heavy (non-hydrogen) atoms. The highest BCUT2D eigenvalue weighted by molar-refractivity contribution is 6.30. The minimum absolute atomic E-state index is 0.0683. The van der Waals surface area contributed by atoms with Crippen LogP contribution in [0.5, 0.6) is 5.75 Å². The first-order valence-electron chi connectivity index (χ1n) is 11.0. The quantitative estimate of drug-likeness (QED) is 0.642. The summed E-state index contributed by atoms with van der Waals surface area (Å²) in [6, 6.07) is 4.15. The van der Waals surface area contributed by atoms with Crippen molar-refractivity contribution in [2.45, 2.75) is 65.7 Å². The lowest BCUT2D eigenvalue weighted by molar-refractivity contribution is 0.0674.